The summed E-state index contributed by atoms with van der Waals surface area (Å²) in [5, 5.41) is 2.82. The number of carbonyl (C=O) groups excluding carboxylic acids is 1. The predicted molar refractivity (Wildman–Crippen MR) is 122 cm³/mol. The lowest BCUT2D eigenvalue weighted by atomic mass is 10.1. The quantitative estimate of drug-likeness (QED) is 0.554. The largest absolute Gasteiger partial charge is 0.484 e. The maximum Gasteiger partial charge on any atom is 0.264 e. The van der Waals surface area contributed by atoms with Gasteiger partial charge in [-0.15, -0.1) is 0 Å². The highest BCUT2D eigenvalue weighted by atomic mass is 32.2. The molecule has 0 atom stereocenters. The van der Waals surface area contributed by atoms with Crippen molar-refractivity contribution in [2.75, 3.05) is 24.5 Å². The monoisotopic (exact) mass is 438 g/mol. The Morgan fingerprint density at radius 2 is 1.58 bits per heavy atom. The summed E-state index contributed by atoms with van der Waals surface area (Å²) in [5.41, 5.74) is 2.65. The lowest BCUT2D eigenvalue weighted by molar-refractivity contribution is -0.123. The van der Waals surface area contributed by atoms with E-state index in [2.05, 4.69) is 5.32 Å². The van der Waals surface area contributed by atoms with Gasteiger partial charge < -0.3 is 10.1 Å². The first kappa shape index (κ1) is 22.4. The zero-order valence-electron chi connectivity index (χ0n) is 17.6. The van der Waals surface area contributed by atoms with Crippen LogP contribution in [0.3, 0.4) is 0 Å². The molecule has 0 unspecified atom stereocenters. The van der Waals surface area contributed by atoms with E-state index >= 15 is 0 Å². The summed E-state index contributed by atoms with van der Waals surface area (Å²) in [5.74, 6) is 0.280. The van der Waals surface area contributed by atoms with Gasteiger partial charge in [0.25, 0.3) is 15.9 Å². The van der Waals surface area contributed by atoms with Crippen molar-refractivity contribution in [2.45, 2.75) is 18.2 Å². The minimum atomic E-state index is -3.65. The summed E-state index contributed by atoms with van der Waals surface area (Å²) in [7, 11) is -2.15. The first-order valence-electron chi connectivity index (χ1n) is 9.95. The van der Waals surface area contributed by atoms with Crippen LogP contribution in [0.1, 0.15) is 11.1 Å². The van der Waals surface area contributed by atoms with E-state index in [4.69, 9.17) is 4.74 Å². The zero-order valence-corrected chi connectivity index (χ0v) is 18.4. The number of sulfonamides is 1. The van der Waals surface area contributed by atoms with Crippen molar-refractivity contribution in [1.29, 1.82) is 0 Å². The Morgan fingerprint density at radius 1 is 0.935 bits per heavy atom. The Hall–Kier alpha value is -3.32. The average Bonchev–Trinajstić information content (AvgIpc) is 2.78. The van der Waals surface area contributed by atoms with E-state index in [0.29, 0.717) is 18.0 Å². The minimum Gasteiger partial charge on any atom is -0.484 e. The second-order valence-electron chi connectivity index (χ2n) is 7.15. The molecule has 1 amide bonds. The van der Waals surface area contributed by atoms with Crippen molar-refractivity contribution >= 4 is 21.6 Å². The topological polar surface area (TPSA) is 75.7 Å². The van der Waals surface area contributed by atoms with Crippen molar-refractivity contribution < 1.29 is 17.9 Å². The Kier molecular flexibility index (Phi) is 7.31. The Labute approximate surface area is 183 Å². The Bertz CT molecular complexity index is 1100. The Balaban J connectivity index is 1.51. The van der Waals surface area contributed by atoms with Gasteiger partial charge in [0.2, 0.25) is 0 Å². The highest BCUT2D eigenvalue weighted by Crippen LogP contribution is 2.24. The smallest absolute Gasteiger partial charge is 0.264 e. The van der Waals surface area contributed by atoms with Crippen LogP contribution < -0.4 is 14.4 Å². The van der Waals surface area contributed by atoms with E-state index in [1.165, 1.54) is 11.4 Å². The van der Waals surface area contributed by atoms with Gasteiger partial charge in [0, 0.05) is 13.6 Å². The first-order chi connectivity index (χ1) is 14.9. The van der Waals surface area contributed by atoms with Crippen LogP contribution in [0.2, 0.25) is 0 Å². The van der Waals surface area contributed by atoms with E-state index in [9.17, 15) is 13.2 Å². The minimum absolute atomic E-state index is 0.106. The van der Waals surface area contributed by atoms with Crippen LogP contribution in [-0.4, -0.2) is 34.5 Å². The van der Waals surface area contributed by atoms with Crippen LogP contribution in [0.25, 0.3) is 0 Å². The number of aryl methyl sites for hydroxylation is 1. The molecule has 0 fully saturated rings. The maximum absolute atomic E-state index is 12.8. The molecular formula is C24H26N2O4S. The highest BCUT2D eigenvalue weighted by molar-refractivity contribution is 7.92. The molecular weight excluding hydrogens is 412 g/mol. The van der Waals surface area contributed by atoms with Gasteiger partial charge in [-0.2, -0.15) is 0 Å². The molecule has 31 heavy (non-hydrogen) atoms. The molecule has 0 aliphatic rings. The number of rotatable bonds is 9. The SMILES string of the molecule is Cc1ccc(S(=O)(=O)N(C)c2ccc(OCC(=O)NCCc3ccccc3)cc2)cc1. The molecule has 1 N–H and O–H groups in total. The third kappa shape index (κ3) is 6.08. The number of benzene rings is 3. The number of carbonyl (C=O) groups is 1. The van der Waals surface area contributed by atoms with E-state index in [-0.39, 0.29) is 17.4 Å². The maximum atomic E-state index is 12.8. The van der Waals surface area contributed by atoms with Gasteiger partial charge in [-0.1, -0.05) is 48.0 Å². The predicted octanol–water partition coefficient (Wildman–Crippen LogP) is 3.56. The van der Waals surface area contributed by atoms with Crippen molar-refractivity contribution in [1.82, 2.24) is 5.32 Å². The van der Waals surface area contributed by atoms with E-state index in [0.717, 1.165) is 17.5 Å². The third-order valence-electron chi connectivity index (χ3n) is 4.83. The van der Waals surface area contributed by atoms with Crippen LogP contribution in [0, 0.1) is 6.92 Å². The van der Waals surface area contributed by atoms with Crippen LogP contribution in [0.4, 0.5) is 5.69 Å². The molecule has 0 aliphatic heterocycles. The molecule has 0 spiro atoms. The summed E-state index contributed by atoms with van der Waals surface area (Å²) in [6.07, 6.45) is 0.753. The van der Waals surface area contributed by atoms with E-state index in [1.807, 2.05) is 37.3 Å². The molecule has 0 bridgehead atoms. The number of nitrogens with zero attached hydrogens (tertiary/aromatic N) is 1. The lowest BCUT2D eigenvalue weighted by Gasteiger charge is -2.20. The number of hydrogen-bond donors (Lipinski definition) is 1. The molecule has 0 saturated heterocycles. The molecule has 162 valence electrons. The number of hydrogen-bond acceptors (Lipinski definition) is 4. The van der Waals surface area contributed by atoms with Gasteiger partial charge in [-0.25, -0.2) is 8.42 Å². The van der Waals surface area contributed by atoms with Gasteiger partial charge >= 0.3 is 0 Å². The summed E-state index contributed by atoms with van der Waals surface area (Å²) in [6, 6.07) is 23.2. The number of nitrogens with one attached hydrogen (secondary N) is 1. The van der Waals surface area contributed by atoms with Gasteiger partial charge in [0.15, 0.2) is 6.61 Å². The first-order valence-corrected chi connectivity index (χ1v) is 11.4. The van der Waals surface area contributed by atoms with Gasteiger partial charge in [-0.05, 0) is 55.3 Å². The summed E-state index contributed by atoms with van der Waals surface area (Å²) in [4.78, 5) is 12.2. The van der Waals surface area contributed by atoms with Crippen LogP contribution in [0.5, 0.6) is 5.75 Å². The molecule has 3 aromatic carbocycles. The van der Waals surface area contributed by atoms with Crippen LogP contribution in [0.15, 0.2) is 83.8 Å². The summed E-state index contributed by atoms with van der Waals surface area (Å²) < 4.78 is 32.3. The van der Waals surface area contributed by atoms with Gasteiger partial charge in [0.1, 0.15) is 5.75 Å². The average molecular weight is 439 g/mol. The van der Waals surface area contributed by atoms with Gasteiger partial charge in [-0.3, -0.25) is 9.10 Å². The zero-order chi connectivity index (χ0) is 22.3. The standard InChI is InChI=1S/C24H26N2O4S/c1-19-8-14-23(15-9-19)31(28,29)26(2)21-10-12-22(13-11-21)30-18-24(27)25-17-16-20-6-4-3-5-7-20/h3-15H,16-18H2,1-2H3,(H,25,27). The molecule has 3 aromatic rings. The van der Waals surface area contributed by atoms with E-state index < -0.39 is 10.0 Å². The van der Waals surface area contributed by atoms with Crippen molar-refractivity contribution in [3.63, 3.8) is 0 Å². The Morgan fingerprint density at radius 3 is 2.23 bits per heavy atom. The molecule has 0 aliphatic carbocycles. The fourth-order valence-electron chi connectivity index (χ4n) is 2.95. The normalized spacial score (nSPS) is 11.0. The molecule has 0 heterocycles. The van der Waals surface area contributed by atoms with Crippen LogP contribution in [-0.2, 0) is 21.2 Å². The van der Waals surface area contributed by atoms with Crippen molar-refractivity contribution in [3.05, 3.63) is 90.0 Å². The second-order valence-corrected chi connectivity index (χ2v) is 9.12. The van der Waals surface area contributed by atoms with E-state index in [1.54, 1.807) is 48.5 Å². The van der Waals surface area contributed by atoms with Crippen molar-refractivity contribution in [2.24, 2.45) is 0 Å². The number of amides is 1. The molecule has 7 heteroatoms. The highest BCUT2D eigenvalue weighted by Gasteiger charge is 2.21. The molecule has 0 radical (unpaired) electrons. The van der Waals surface area contributed by atoms with Crippen molar-refractivity contribution in [3.8, 4) is 5.75 Å². The second kappa shape index (κ2) is 10.1. The molecule has 0 aromatic heterocycles. The fraction of sp³-hybridized carbons (Fsp3) is 0.208. The number of ether oxygens (including phenoxy) is 1. The molecule has 3 rings (SSSR count). The van der Waals surface area contributed by atoms with Gasteiger partial charge in [0.05, 0.1) is 10.6 Å². The van der Waals surface area contributed by atoms with Crippen LogP contribution >= 0.6 is 0 Å². The lowest BCUT2D eigenvalue weighted by Crippen LogP contribution is -2.30. The summed E-state index contributed by atoms with van der Waals surface area (Å²) in [6.45, 7) is 2.33. The fourth-order valence-corrected chi connectivity index (χ4v) is 4.15. The third-order valence-corrected chi connectivity index (χ3v) is 6.63. The molecule has 0 saturated carbocycles. The summed E-state index contributed by atoms with van der Waals surface area (Å²) >= 11 is 0. The molecule has 6 nitrogen and oxygen atoms in total. The number of anilines is 1.